The van der Waals surface area contributed by atoms with Crippen LogP contribution in [0.1, 0.15) is 58.3 Å². The largest absolute Gasteiger partial charge is 0.481 e. The van der Waals surface area contributed by atoms with Crippen LogP contribution in [-0.4, -0.2) is 41.1 Å². The molecule has 1 saturated heterocycles. The second-order valence-corrected chi connectivity index (χ2v) is 7.57. The zero-order valence-electron chi connectivity index (χ0n) is 13.5. The van der Waals surface area contributed by atoms with Gasteiger partial charge >= 0.3 is 12.0 Å². The Kier molecular flexibility index (Phi) is 4.33. The first-order valence-electron chi connectivity index (χ1n) is 8.82. The Hall–Kier alpha value is -1.26. The molecule has 3 fully saturated rings. The lowest BCUT2D eigenvalue weighted by atomic mass is 9.81. The van der Waals surface area contributed by atoms with Crippen LogP contribution in [0.2, 0.25) is 0 Å². The summed E-state index contributed by atoms with van der Waals surface area (Å²) in [6.07, 6.45) is 8.87. The Labute approximate surface area is 132 Å². The number of carboxylic acid groups (broad SMARTS) is 1. The summed E-state index contributed by atoms with van der Waals surface area (Å²) in [5.41, 5.74) is -0.675. The van der Waals surface area contributed by atoms with Gasteiger partial charge in [-0.15, -0.1) is 0 Å². The number of urea groups is 1. The Balaban J connectivity index is 1.58. The van der Waals surface area contributed by atoms with Crippen molar-refractivity contribution in [3.8, 4) is 0 Å². The summed E-state index contributed by atoms with van der Waals surface area (Å²) in [7, 11) is 0. The van der Waals surface area contributed by atoms with E-state index in [4.69, 9.17) is 0 Å². The number of carbonyl (C=O) groups excluding carboxylic acids is 1. The van der Waals surface area contributed by atoms with Crippen LogP contribution >= 0.6 is 0 Å². The lowest BCUT2D eigenvalue weighted by Gasteiger charge is -2.30. The zero-order chi connectivity index (χ0) is 15.7. The van der Waals surface area contributed by atoms with Gasteiger partial charge in [-0.1, -0.05) is 25.7 Å². The van der Waals surface area contributed by atoms with Gasteiger partial charge in [-0.2, -0.15) is 0 Å². The van der Waals surface area contributed by atoms with E-state index in [1.807, 2.05) is 0 Å². The normalized spacial score (nSPS) is 33.5. The number of amides is 2. The van der Waals surface area contributed by atoms with Crippen molar-refractivity contribution in [3.63, 3.8) is 0 Å². The molecule has 5 nitrogen and oxygen atoms in total. The highest BCUT2D eigenvalue weighted by Gasteiger charge is 2.55. The summed E-state index contributed by atoms with van der Waals surface area (Å²) in [6.45, 7) is 3.09. The van der Waals surface area contributed by atoms with Crippen LogP contribution in [0.3, 0.4) is 0 Å². The van der Waals surface area contributed by atoms with Gasteiger partial charge in [0.25, 0.3) is 0 Å². The highest BCUT2D eigenvalue weighted by Crippen LogP contribution is 2.48. The lowest BCUT2D eigenvalue weighted by Crippen LogP contribution is -2.47. The first-order chi connectivity index (χ1) is 10.5. The number of carbonyl (C=O) groups is 2. The van der Waals surface area contributed by atoms with E-state index < -0.39 is 11.4 Å². The van der Waals surface area contributed by atoms with Crippen LogP contribution in [0.5, 0.6) is 0 Å². The average Bonchev–Trinajstić information content (AvgIpc) is 3.06. The topological polar surface area (TPSA) is 69.6 Å². The van der Waals surface area contributed by atoms with Crippen molar-refractivity contribution in [3.05, 3.63) is 0 Å². The number of hydrogen-bond acceptors (Lipinski definition) is 2. The molecule has 0 aromatic heterocycles. The number of carboxylic acids is 1. The Morgan fingerprint density at radius 1 is 1.18 bits per heavy atom. The molecule has 0 bridgehead atoms. The molecule has 5 heteroatoms. The zero-order valence-corrected chi connectivity index (χ0v) is 13.5. The number of nitrogens with zero attached hydrogens (tertiary/aromatic N) is 1. The maximum atomic E-state index is 12.5. The quantitative estimate of drug-likeness (QED) is 0.842. The molecule has 3 aliphatic rings. The molecular weight excluding hydrogens is 280 g/mol. The second-order valence-electron chi connectivity index (χ2n) is 7.57. The maximum Gasteiger partial charge on any atom is 0.317 e. The minimum atomic E-state index is -0.717. The van der Waals surface area contributed by atoms with Gasteiger partial charge in [0.1, 0.15) is 0 Å². The molecule has 1 aliphatic heterocycles. The van der Waals surface area contributed by atoms with Gasteiger partial charge in [-0.25, -0.2) is 4.79 Å². The molecule has 124 valence electrons. The fraction of sp³-hybridized carbons (Fsp3) is 0.882. The van der Waals surface area contributed by atoms with E-state index >= 15 is 0 Å². The number of aliphatic carboxylic acids is 1. The molecule has 1 unspecified atom stereocenters. The predicted molar refractivity (Wildman–Crippen MR) is 83.6 cm³/mol. The minimum absolute atomic E-state index is 0.0619. The lowest BCUT2D eigenvalue weighted by molar-refractivity contribution is -0.149. The number of fused-ring (bicyclic) bond motifs is 1. The standard InChI is InChI=1S/C17H28N2O3/c1-12(13-6-3-2-4-7-13)18-16(22)19-10-14-8-5-9-17(14,11-19)15(20)21/h12-14H,2-11H2,1H3,(H,18,22)(H,20,21)/t12?,14-,17+/m0/s1. The monoisotopic (exact) mass is 308 g/mol. The van der Waals surface area contributed by atoms with Crippen molar-refractivity contribution in [1.29, 1.82) is 0 Å². The molecule has 22 heavy (non-hydrogen) atoms. The molecule has 2 N–H and O–H groups in total. The van der Waals surface area contributed by atoms with Crippen molar-refractivity contribution in [2.24, 2.45) is 17.3 Å². The third-order valence-corrected chi connectivity index (χ3v) is 6.29. The van der Waals surface area contributed by atoms with Gasteiger partial charge in [0.05, 0.1) is 5.41 Å². The van der Waals surface area contributed by atoms with Gasteiger partial charge < -0.3 is 15.3 Å². The molecule has 0 radical (unpaired) electrons. The van der Waals surface area contributed by atoms with Crippen molar-refractivity contribution in [2.45, 2.75) is 64.3 Å². The molecule has 1 heterocycles. The predicted octanol–water partition coefficient (Wildman–Crippen LogP) is 2.85. The molecule has 0 aromatic carbocycles. The first kappa shape index (κ1) is 15.6. The number of likely N-dealkylation sites (tertiary alicyclic amines) is 1. The number of nitrogens with one attached hydrogen (secondary N) is 1. The van der Waals surface area contributed by atoms with Crippen molar-refractivity contribution in [2.75, 3.05) is 13.1 Å². The minimum Gasteiger partial charge on any atom is -0.481 e. The van der Waals surface area contributed by atoms with Gasteiger partial charge in [-0.3, -0.25) is 4.79 Å². The summed E-state index contributed by atoms with van der Waals surface area (Å²) < 4.78 is 0. The molecule has 0 spiro atoms. The third-order valence-electron chi connectivity index (χ3n) is 6.29. The number of hydrogen-bond donors (Lipinski definition) is 2. The summed E-state index contributed by atoms with van der Waals surface area (Å²) in [5, 5.41) is 12.7. The van der Waals surface area contributed by atoms with E-state index in [0.29, 0.717) is 19.0 Å². The molecular formula is C17H28N2O3. The third kappa shape index (κ3) is 2.70. The van der Waals surface area contributed by atoms with Crippen LogP contribution in [-0.2, 0) is 4.79 Å². The van der Waals surface area contributed by atoms with E-state index in [1.54, 1.807) is 4.90 Å². The van der Waals surface area contributed by atoms with Crippen molar-refractivity contribution in [1.82, 2.24) is 10.2 Å². The van der Waals surface area contributed by atoms with Crippen molar-refractivity contribution >= 4 is 12.0 Å². The summed E-state index contributed by atoms with van der Waals surface area (Å²) >= 11 is 0. The molecule has 3 atom stereocenters. The smallest absolute Gasteiger partial charge is 0.317 e. The van der Waals surface area contributed by atoms with Gasteiger partial charge in [0.15, 0.2) is 0 Å². The van der Waals surface area contributed by atoms with E-state index in [2.05, 4.69) is 12.2 Å². The van der Waals surface area contributed by atoms with Gasteiger partial charge in [0, 0.05) is 19.1 Å². The summed E-state index contributed by atoms with van der Waals surface area (Å²) in [6, 6.07) is 0.127. The van der Waals surface area contributed by atoms with E-state index in [-0.39, 0.29) is 18.0 Å². The molecule has 2 saturated carbocycles. The van der Waals surface area contributed by atoms with Gasteiger partial charge in [0.2, 0.25) is 0 Å². The van der Waals surface area contributed by atoms with Crippen LogP contribution < -0.4 is 5.32 Å². The summed E-state index contributed by atoms with van der Waals surface area (Å²) in [4.78, 5) is 25.9. The average molecular weight is 308 g/mol. The Morgan fingerprint density at radius 2 is 1.91 bits per heavy atom. The van der Waals surface area contributed by atoms with Crippen LogP contribution in [0.15, 0.2) is 0 Å². The van der Waals surface area contributed by atoms with Crippen LogP contribution in [0, 0.1) is 17.3 Å². The Morgan fingerprint density at radius 3 is 2.55 bits per heavy atom. The fourth-order valence-electron chi connectivity index (χ4n) is 4.83. The maximum absolute atomic E-state index is 12.5. The van der Waals surface area contributed by atoms with E-state index in [1.165, 1.54) is 32.1 Å². The molecule has 3 rings (SSSR count). The number of rotatable bonds is 3. The Bertz CT molecular complexity index is 447. The summed E-state index contributed by atoms with van der Waals surface area (Å²) in [5.74, 6) is -0.000368. The second kappa shape index (κ2) is 6.09. The highest BCUT2D eigenvalue weighted by atomic mass is 16.4. The van der Waals surface area contributed by atoms with Crippen LogP contribution in [0.25, 0.3) is 0 Å². The molecule has 0 aromatic rings. The fourth-order valence-corrected chi connectivity index (χ4v) is 4.83. The highest BCUT2D eigenvalue weighted by molar-refractivity contribution is 5.80. The molecule has 2 amide bonds. The van der Waals surface area contributed by atoms with E-state index in [0.717, 1.165) is 19.3 Å². The van der Waals surface area contributed by atoms with E-state index in [9.17, 15) is 14.7 Å². The van der Waals surface area contributed by atoms with Gasteiger partial charge in [-0.05, 0) is 44.4 Å². The SMILES string of the molecule is CC(NC(=O)N1C[C@@H]2CCC[C@@]2(C(=O)O)C1)C1CCCCC1. The van der Waals surface area contributed by atoms with Crippen LogP contribution in [0.4, 0.5) is 4.79 Å². The van der Waals surface area contributed by atoms with Crippen molar-refractivity contribution < 1.29 is 14.7 Å². The first-order valence-corrected chi connectivity index (χ1v) is 8.82. The molecule has 2 aliphatic carbocycles.